The number of benzene rings is 1. The standard InChI is InChI=1S/C20H25FN4O2/c1-13-10-18(27-24-13)15-12-22-23-20(15)17-8-4-5-9-25(17)19(26)11-14-6-2-3-7-16(14)21/h2-3,6-7,10,15,17,20,22-23H,4-5,8-9,11-12H2,1H3. The van der Waals surface area contributed by atoms with Gasteiger partial charge in [0.2, 0.25) is 5.91 Å². The predicted octanol–water partition coefficient (Wildman–Crippen LogP) is 2.31. The number of amides is 1. The second kappa shape index (κ2) is 7.78. The molecule has 3 atom stereocenters. The van der Waals surface area contributed by atoms with Gasteiger partial charge in [0.1, 0.15) is 11.6 Å². The van der Waals surface area contributed by atoms with Gasteiger partial charge in [-0.05, 0) is 37.8 Å². The molecule has 2 fully saturated rings. The van der Waals surface area contributed by atoms with Gasteiger partial charge in [0.15, 0.2) is 0 Å². The lowest BCUT2D eigenvalue weighted by atomic mass is 9.86. The SMILES string of the molecule is Cc1cc(C2CNNC2C2CCCCN2C(=O)Cc2ccccc2F)on1. The van der Waals surface area contributed by atoms with E-state index in [0.717, 1.165) is 37.3 Å². The Morgan fingerprint density at radius 2 is 2.22 bits per heavy atom. The highest BCUT2D eigenvalue weighted by Crippen LogP contribution is 2.31. The first-order valence-electron chi connectivity index (χ1n) is 9.58. The summed E-state index contributed by atoms with van der Waals surface area (Å²) in [6.45, 7) is 3.34. The maximum Gasteiger partial charge on any atom is 0.227 e. The number of hydrogen-bond acceptors (Lipinski definition) is 5. The highest BCUT2D eigenvalue weighted by atomic mass is 19.1. The van der Waals surface area contributed by atoms with Gasteiger partial charge in [-0.25, -0.2) is 4.39 Å². The van der Waals surface area contributed by atoms with Gasteiger partial charge in [0, 0.05) is 25.2 Å². The van der Waals surface area contributed by atoms with E-state index in [-0.39, 0.29) is 36.1 Å². The Kier molecular flexibility index (Phi) is 5.22. The summed E-state index contributed by atoms with van der Waals surface area (Å²) >= 11 is 0. The molecule has 144 valence electrons. The first-order chi connectivity index (χ1) is 13.1. The van der Waals surface area contributed by atoms with Crippen molar-refractivity contribution < 1.29 is 13.7 Å². The molecular weight excluding hydrogens is 347 g/mol. The summed E-state index contributed by atoms with van der Waals surface area (Å²) in [5.41, 5.74) is 7.85. The van der Waals surface area contributed by atoms with Crippen molar-refractivity contribution in [3.8, 4) is 0 Å². The van der Waals surface area contributed by atoms with Crippen LogP contribution >= 0.6 is 0 Å². The summed E-state index contributed by atoms with van der Waals surface area (Å²) in [6.07, 6.45) is 3.07. The van der Waals surface area contributed by atoms with Crippen molar-refractivity contribution in [1.82, 2.24) is 20.9 Å². The van der Waals surface area contributed by atoms with Crippen molar-refractivity contribution in [3.05, 3.63) is 53.2 Å². The molecule has 3 unspecified atom stereocenters. The molecule has 0 spiro atoms. The Morgan fingerprint density at radius 3 is 3.00 bits per heavy atom. The fourth-order valence-electron chi connectivity index (χ4n) is 4.26. The van der Waals surface area contributed by atoms with Gasteiger partial charge in [-0.2, -0.15) is 0 Å². The Bertz CT molecular complexity index is 809. The lowest BCUT2D eigenvalue weighted by Gasteiger charge is -2.40. The number of hydrazine groups is 1. The monoisotopic (exact) mass is 372 g/mol. The fraction of sp³-hybridized carbons (Fsp3) is 0.500. The Hall–Kier alpha value is -2.25. The molecule has 1 aromatic heterocycles. The van der Waals surface area contributed by atoms with Crippen molar-refractivity contribution in [2.45, 2.75) is 50.6 Å². The summed E-state index contributed by atoms with van der Waals surface area (Å²) in [7, 11) is 0. The Balaban J connectivity index is 1.53. The zero-order chi connectivity index (χ0) is 18.8. The van der Waals surface area contributed by atoms with E-state index in [1.54, 1.807) is 18.2 Å². The topological polar surface area (TPSA) is 70.4 Å². The van der Waals surface area contributed by atoms with Crippen LogP contribution in [0.3, 0.4) is 0 Å². The van der Waals surface area contributed by atoms with Crippen LogP contribution in [0, 0.1) is 12.7 Å². The number of carbonyl (C=O) groups excluding carboxylic acids is 1. The average molecular weight is 372 g/mol. The number of hydrogen-bond donors (Lipinski definition) is 2. The number of aryl methyl sites for hydroxylation is 1. The molecule has 0 radical (unpaired) electrons. The van der Waals surface area contributed by atoms with Gasteiger partial charge in [-0.3, -0.25) is 15.6 Å². The van der Waals surface area contributed by atoms with E-state index in [1.807, 2.05) is 17.9 Å². The number of nitrogens with zero attached hydrogens (tertiary/aromatic N) is 2. The van der Waals surface area contributed by atoms with Gasteiger partial charge in [-0.1, -0.05) is 23.4 Å². The molecular formula is C20H25FN4O2. The van der Waals surface area contributed by atoms with Gasteiger partial charge in [-0.15, -0.1) is 0 Å². The average Bonchev–Trinajstić information content (AvgIpc) is 3.32. The predicted molar refractivity (Wildman–Crippen MR) is 98.4 cm³/mol. The molecule has 1 amide bonds. The number of nitrogens with one attached hydrogen (secondary N) is 2. The van der Waals surface area contributed by atoms with Crippen LogP contribution in [0.15, 0.2) is 34.9 Å². The molecule has 27 heavy (non-hydrogen) atoms. The number of aromatic nitrogens is 1. The van der Waals surface area contributed by atoms with Crippen LogP contribution in [0.4, 0.5) is 4.39 Å². The molecule has 6 nitrogen and oxygen atoms in total. The minimum atomic E-state index is -0.324. The third kappa shape index (κ3) is 3.75. The van der Waals surface area contributed by atoms with E-state index in [2.05, 4.69) is 16.0 Å². The highest BCUT2D eigenvalue weighted by molar-refractivity contribution is 5.79. The number of piperidine rings is 1. The van der Waals surface area contributed by atoms with E-state index < -0.39 is 0 Å². The van der Waals surface area contributed by atoms with Crippen LogP contribution in [0.2, 0.25) is 0 Å². The molecule has 0 aliphatic carbocycles. The molecule has 2 aliphatic heterocycles. The molecule has 2 saturated heterocycles. The molecule has 3 heterocycles. The summed E-state index contributed by atoms with van der Waals surface area (Å²) in [4.78, 5) is 14.9. The quantitative estimate of drug-likeness (QED) is 0.862. The van der Waals surface area contributed by atoms with Crippen molar-refractivity contribution >= 4 is 5.91 Å². The summed E-state index contributed by atoms with van der Waals surface area (Å²) in [6, 6.07) is 8.55. The zero-order valence-electron chi connectivity index (χ0n) is 15.5. The summed E-state index contributed by atoms with van der Waals surface area (Å²) in [5, 5.41) is 4.01. The van der Waals surface area contributed by atoms with Gasteiger partial charge in [0.25, 0.3) is 0 Å². The van der Waals surface area contributed by atoms with Crippen LogP contribution in [0.5, 0.6) is 0 Å². The summed E-state index contributed by atoms with van der Waals surface area (Å²) < 4.78 is 19.5. The van der Waals surface area contributed by atoms with E-state index in [9.17, 15) is 9.18 Å². The summed E-state index contributed by atoms with van der Waals surface area (Å²) in [5.74, 6) is 0.598. The molecule has 2 aliphatic rings. The Labute approximate surface area is 158 Å². The lowest BCUT2D eigenvalue weighted by Crippen LogP contribution is -2.55. The van der Waals surface area contributed by atoms with Gasteiger partial charge in [0.05, 0.1) is 24.1 Å². The van der Waals surface area contributed by atoms with Crippen molar-refractivity contribution in [1.29, 1.82) is 0 Å². The number of rotatable bonds is 4. The Morgan fingerprint density at radius 1 is 1.37 bits per heavy atom. The van der Waals surface area contributed by atoms with Crippen LogP contribution in [-0.4, -0.2) is 41.1 Å². The molecule has 4 rings (SSSR count). The normalized spacial score (nSPS) is 25.7. The molecule has 2 N–H and O–H groups in total. The maximum atomic E-state index is 14.0. The molecule has 7 heteroatoms. The number of likely N-dealkylation sites (tertiary alicyclic amines) is 1. The molecule has 0 bridgehead atoms. The van der Waals surface area contributed by atoms with Crippen LogP contribution in [-0.2, 0) is 11.2 Å². The lowest BCUT2D eigenvalue weighted by molar-refractivity contribution is -0.135. The zero-order valence-corrected chi connectivity index (χ0v) is 15.5. The third-order valence-electron chi connectivity index (χ3n) is 5.62. The van der Waals surface area contributed by atoms with Crippen molar-refractivity contribution in [2.75, 3.05) is 13.1 Å². The number of halogens is 1. The van der Waals surface area contributed by atoms with Crippen LogP contribution in [0.1, 0.15) is 42.2 Å². The molecule has 1 aromatic carbocycles. The molecule has 2 aromatic rings. The van der Waals surface area contributed by atoms with Crippen molar-refractivity contribution in [3.63, 3.8) is 0 Å². The highest BCUT2D eigenvalue weighted by Gasteiger charge is 2.41. The minimum Gasteiger partial charge on any atom is -0.361 e. The second-order valence-electron chi connectivity index (χ2n) is 7.45. The van der Waals surface area contributed by atoms with Gasteiger partial charge >= 0.3 is 0 Å². The first kappa shape index (κ1) is 18.1. The largest absolute Gasteiger partial charge is 0.361 e. The maximum absolute atomic E-state index is 14.0. The van der Waals surface area contributed by atoms with Crippen LogP contribution < -0.4 is 10.9 Å². The van der Waals surface area contributed by atoms with Gasteiger partial charge < -0.3 is 9.42 Å². The fourth-order valence-corrected chi connectivity index (χ4v) is 4.26. The molecule has 0 saturated carbocycles. The third-order valence-corrected chi connectivity index (χ3v) is 5.62. The van der Waals surface area contributed by atoms with E-state index in [4.69, 9.17) is 4.52 Å². The minimum absolute atomic E-state index is 0.0222. The van der Waals surface area contributed by atoms with E-state index in [1.165, 1.54) is 6.07 Å². The number of carbonyl (C=O) groups is 1. The first-order valence-corrected chi connectivity index (χ1v) is 9.58. The smallest absolute Gasteiger partial charge is 0.227 e. The van der Waals surface area contributed by atoms with Crippen molar-refractivity contribution in [2.24, 2.45) is 0 Å². The van der Waals surface area contributed by atoms with Crippen LogP contribution in [0.25, 0.3) is 0 Å². The van der Waals surface area contributed by atoms with E-state index >= 15 is 0 Å². The van der Waals surface area contributed by atoms with E-state index in [0.29, 0.717) is 12.1 Å². The second-order valence-corrected chi connectivity index (χ2v) is 7.45.